The number of hydrogen-bond acceptors (Lipinski definition) is 1. The summed E-state index contributed by atoms with van der Waals surface area (Å²) in [5.41, 5.74) is 1.40. The van der Waals surface area contributed by atoms with Gasteiger partial charge in [-0.3, -0.25) is 0 Å². The summed E-state index contributed by atoms with van der Waals surface area (Å²) in [5, 5.41) is 1.54. The highest BCUT2D eigenvalue weighted by Crippen LogP contribution is 2.17. The topological polar surface area (TPSA) is 13.1 Å². The Kier molecular flexibility index (Phi) is 1.43. The molecule has 0 unspecified atom stereocenters. The fraction of sp³-hybridized carbons (Fsp3) is 0. The van der Waals surface area contributed by atoms with Gasteiger partial charge in [-0.25, -0.2) is 0 Å². The monoisotopic (exact) mass is 162 g/mol. The molecule has 1 heterocycles. The van der Waals surface area contributed by atoms with Crippen molar-refractivity contribution in [1.82, 2.24) is 0 Å². The van der Waals surface area contributed by atoms with Crippen molar-refractivity contribution in [1.29, 1.82) is 0 Å². The van der Waals surface area contributed by atoms with Crippen molar-refractivity contribution in [2.45, 2.75) is 0 Å². The molecule has 1 aromatic heterocycles. The van der Waals surface area contributed by atoms with E-state index in [1.807, 2.05) is 0 Å². The number of benzene rings is 1. The lowest BCUT2D eigenvalue weighted by Gasteiger charge is -1.89. The highest BCUT2D eigenvalue weighted by molar-refractivity contribution is 6.39. The minimum absolute atomic E-state index is 0.627. The zero-order valence-electron chi connectivity index (χ0n) is 5.67. The Labute approximate surface area is 70.4 Å². The molecule has 0 saturated heterocycles. The van der Waals surface area contributed by atoms with Gasteiger partial charge in [-0.2, -0.15) is 0 Å². The van der Waals surface area contributed by atoms with Crippen molar-refractivity contribution in [3.05, 3.63) is 29.5 Å². The van der Waals surface area contributed by atoms with Crippen molar-refractivity contribution >= 4 is 35.9 Å². The van der Waals surface area contributed by atoms with Crippen LogP contribution in [0, 0.1) is 0 Å². The molecule has 0 fully saturated rings. The molecule has 52 valence electrons. The second-order valence-corrected chi connectivity index (χ2v) is 2.77. The normalized spacial score (nSPS) is 10.6. The molecular weight excluding hydrogens is 158 g/mol. The quantitative estimate of drug-likeness (QED) is 0.539. The van der Waals surface area contributed by atoms with Crippen molar-refractivity contribution in [3.8, 4) is 0 Å². The summed E-state index contributed by atoms with van der Waals surface area (Å²) in [7, 11) is 5.59. The number of rotatable bonds is 0. The molecular formula is C8H4BClO. The third kappa shape index (κ3) is 1.03. The molecule has 0 saturated carbocycles. The largest absolute Gasteiger partial charge is 0.465 e. The van der Waals surface area contributed by atoms with E-state index in [0.29, 0.717) is 10.5 Å². The predicted molar refractivity (Wildman–Crippen MR) is 46.6 cm³/mol. The van der Waals surface area contributed by atoms with Crippen LogP contribution < -0.4 is 5.46 Å². The summed E-state index contributed by atoms with van der Waals surface area (Å²) in [4.78, 5) is 0. The lowest BCUT2D eigenvalue weighted by molar-refractivity contribution is 0.618. The average molecular weight is 162 g/mol. The Morgan fingerprint density at radius 2 is 2.18 bits per heavy atom. The maximum absolute atomic E-state index is 5.75. The summed E-state index contributed by atoms with van der Waals surface area (Å²) in [6.45, 7) is 0. The minimum atomic E-state index is 0.627. The van der Waals surface area contributed by atoms with Crippen molar-refractivity contribution < 1.29 is 4.42 Å². The lowest BCUT2D eigenvalue weighted by atomic mass is 9.96. The van der Waals surface area contributed by atoms with E-state index in [1.54, 1.807) is 18.2 Å². The Balaban J connectivity index is 2.87. The van der Waals surface area contributed by atoms with E-state index in [1.165, 1.54) is 6.26 Å². The third-order valence-corrected chi connectivity index (χ3v) is 1.80. The fourth-order valence-electron chi connectivity index (χ4n) is 1.02. The molecule has 1 nitrogen and oxygen atoms in total. The third-order valence-electron chi connectivity index (χ3n) is 1.57. The van der Waals surface area contributed by atoms with Crippen LogP contribution in [0.1, 0.15) is 0 Å². The molecule has 0 spiro atoms. The van der Waals surface area contributed by atoms with E-state index >= 15 is 0 Å². The first kappa shape index (κ1) is 6.80. The molecule has 0 N–H and O–H groups in total. The second-order valence-electron chi connectivity index (χ2n) is 2.33. The van der Waals surface area contributed by atoms with Crippen LogP contribution in [-0.4, -0.2) is 7.85 Å². The molecule has 0 atom stereocenters. The van der Waals surface area contributed by atoms with Crippen LogP contribution in [0.15, 0.2) is 28.9 Å². The summed E-state index contributed by atoms with van der Waals surface area (Å²) in [6, 6.07) is 5.36. The first-order chi connectivity index (χ1) is 5.27. The van der Waals surface area contributed by atoms with Gasteiger partial charge >= 0.3 is 0 Å². The molecule has 1 aromatic carbocycles. The first-order valence-corrected chi connectivity index (χ1v) is 3.57. The molecule has 3 heteroatoms. The highest BCUT2D eigenvalue weighted by Gasteiger charge is 2.00. The van der Waals surface area contributed by atoms with Crippen LogP contribution in [0.2, 0.25) is 5.02 Å². The Bertz CT molecular complexity index is 394. The van der Waals surface area contributed by atoms with Crippen LogP contribution in [0.4, 0.5) is 0 Å². The van der Waals surface area contributed by atoms with E-state index < -0.39 is 0 Å². The molecule has 2 aromatic rings. The summed E-state index contributed by atoms with van der Waals surface area (Å²) < 4.78 is 5.12. The van der Waals surface area contributed by atoms with Crippen LogP contribution in [0.3, 0.4) is 0 Å². The van der Waals surface area contributed by atoms with E-state index in [2.05, 4.69) is 0 Å². The van der Waals surface area contributed by atoms with Crippen molar-refractivity contribution in [2.24, 2.45) is 0 Å². The fourth-order valence-corrected chi connectivity index (χ4v) is 1.19. The molecule has 2 radical (unpaired) electrons. The minimum Gasteiger partial charge on any atom is -0.465 e. The van der Waals surface area contributed by atoms with Gasteiger partial charge in [0.2, 0.25) is 0 Å². The predicted octanol–water partition coefficient (Wildman–Crippen LogP) is 1.88. The van der Waals surface area contributed by atoms with Gasteiger partial charge in [-0.15, -0.1) is 0 Å². The molecule has 0 amide bonds. The molecule has 11 heavy (non-hydrogen) atoms. The van der Waals surface area contributed by atoms with Gasteiger partial charge in [0.05, 0.1) is 6.26 Å². The van der Waals surface area contributed by atoms with E-state index in [-0.39, 0.29) is 0 Å². The van der Waals surface area contributed by atoms with Crippen molar-refractivity contribution in [2.75, 3.05) is 0 Å². The average Bonchev–Trinajstić information content (AvgIpc) is 2.33. The van der Waals surface area contributed by atoms with E-state index in [0.717, 1.165) is 11.0 Å². The second kappa shape index (κ2) is 2.31. The van der Waals surface area contributed by atoms with Gasteiger partial charge in [0.25, 0.3) is 0 Å². The smallest absolute Gasteiger partial charge is 0.133 e. The molecule has 2 rings (SSSR count). The van der Waals surface area contributed by atoms with Gasteiger partial charge in [-0.1, -0.05) is 17.1 Å². The highest BCUT2D eigenvalue weighted by atomic mass is 35.5. The van der Waals surface area contributed by atoms with E-state index in [9.17, 15) is 0 Å². The van der Waals surface area contributed by atoms with Gasteiger partial charge in [0.15, 0.2) is 0 Å². The summed E-state index contributed by atoms with van der Waals surface area (Å²) in [5.74, 6) is 0. The maximum Gasteiger partial charge on any atom is 0.133 e. The van der Waals surface area contributed by atoms with Crippen molar-refractivity contribution in [3.63, 3.8) is 0 Å². The van der Waals surface area contributed by atoms with Gasteiger partial charge in [-0.05, 0) is 18.2 Å². The number of halogens is 1. The number of fused-ring (bicyclic) bond motifs is 1. The van der Waals surface area contributed by atoms with E-state index in [4.69, 9.17) is 23.9 Å². The lowest BCUT2D eigenvalue weighted by Crippen LogP contribution is -1.96. The molecule has 0 bridgehead atoms. The van der Waals surface area contributed by atoms with Crippen LogP contribution in [0.25, 0.3) is 11.0 Å². The standard InChI is InChI=1S/C8H4BClO/c9-7-4-11-8-2-1-5(10)3-6(7)8/h1-4H. The Morgan fingerprint density at radius 3 is 3.00 bits per heavy atom. The number of furan rings is 1. The van der Waals surface area contributed by atoms with Crippen LogP contribution >= 0.6 is 11.6 Å². The summed E-state index contributed by atoms with van der Waals surface area (Å²) >= 11 is 5.75. The summed E-state index contributed by atoms with van der Waals surface area (Å²) in [6.07, 6.45) is 1.51. The van der Waals surface area contributed by atoms with Crippen LogP contribution in [-0.2, 0) is 0 Å². The molecule has 0 aliphatic heterocycles. The zero-order valence-corrected chi connectivity index (χ0v) is 6.43. The van der Waals surface area contributed by atoms with Gasteiger partial charge < -0.3 is 4.42 Å². The SMILES string of the molecule is [B]c1coc2ccc(Cl)cc12. The van der Waals surface area contributed by atoms with Crippen LogP contribution in [0.5, 0.6) is 0 Å². The number of hydrogen-bond donors (Lipinski definition) is 0. The Hall–Kier alpha value is -0.885. The molecule has 0 aliphatic carbocycles. The zero-order chi connectivity index (χ0) is 7.84. The van der Waals surface area contributed by atoms with Gasteiger partial charge in [0, 0.05) is 10.4 Å². The first-order valence-electron chi connectivity index (χ1n) is 3.19. The molecule has 0 aliphatic rings. The Morgan fingerprint density at radius 1 is 1.36 bits per heavy atom. The van der Waals surface area contributed by atoms with Gasteiger partial charge in [0.1, 0.15) is 13.4 Å². The maximum atomic E-state index is 5.75.